The maximum absolute atomic E-state index is 12.1. The van der Waals surface area contributed by atoms with E-state index < -0.39 is 6.17 Å². The van der Waals surface area contributed by atoms with Gasteiger partial charge in [0.15, 0.2) is 11.5 Å². The lowest BCUT2D eigenvalue weighted by molar-refractivity contribution is 0.0935. The zero-order chi connectivity index (χ0) is 15.0. The number of para-hydroxylation sites is 1. The van der Waals surface area contributed by atoms with Crippen molar-refractivity contribution in [2.45, 2.75) is 6.17 Å². The van der Waals surface area contributed by atoms with Crippen molar-refractivity contribution in [1.82, 2.24) is 5.32 Å². The lowest BCUT2D eigenvalue weighted by atomic mass is 10.1. The first-order valence-corrected chi connectivity index (χ1v) is 7.12. The second-order valence-electron chi connectivity index (χ2n) is 4.65. The molecule has 1 aliphatic rings. The fourth-order valence-electron chi connectivity index (χ4n) is 2.29. The Kier molecular flexibility index (Phi) is 3.47. The number of phenolic OH excluding ortho intramolecular Hbond substituents is 1. The van der Waals surface area contributed by atoms with E-state index in [9.17, 15) is 9.90 Å². The summed E-state index contributed by atoms with van der Waals surface area (Å²) < 4.78 is 5.64. The van der Waals surface area contributed by atoms with Crippen LogP contribution in [0.15, 0.2) is 40.9 Å². The normalized spacial score (nSPS) is 16.7. The monoisotopic (exact) mass is 348 g/mol. The molecule has 0 saturated carbocycles. The van der Waals surface area contributed by atoms with E-state index in [0.29, 0.717) is 15.8 Å². The molecule has 0 fully saturated rings. The SMILES string of the molecule is COc1cc([C@@H]2NC(=O)c3ccccc3N2)cc(Br)c1O. The molecule has 108 valence electrons. The number of amides is 1. The van der Waals surface area contributed by atoms with Crippen molar-refractivity contribution in [3.05, 3.63) is 52.0 Å². The molecule has 3 rings (SSSR count). The van der Waals surface area contributed by atoms with Crippen LogP contribution in [0.2, 0.25) is 0 Å². The van der Waals surface area contributed by atoms with Gasteiger partial charge < -0.3 is 20.5 Å². The Morgan fingerprint density at radius 2 is 2.00 bits per heavy atom. The Hall–Kier alpha value is -2.21. The van der Waals surface area contributed by atoms with Crippen molar-refractivity contribution in [3.63, 3.8) is 0 Å². The number of hydrogen-bond donors (Lipinski definition) is 3. The molecule has 0 radical (unpaired) electrons. The van der Waals surface area contributed by atoms with Gasteiger partial charge in [-0.3, -0.25) is 4.79 Å². The lowest BCUT2D eigenvalue weighted by Crippen LogP contribution is -2.38. The highest BCUT2D eigenvalue weighted by molar-refractivity contribution is 9.10. The van der Waals surface area contributed by atoms with Crippen LogP contribution >= 0.6 is 15.9 Å². The summed E-state index contributed by atoms with van der Waals surface area (Å²) in [4.78, 5) is 12.1. The van der Waals surface area contributed by atoms with Gasteiger partial charge in [-0.2, -0.15) is 0 Å². The number of rotatable bonds is 2. The third kappa shape index (κ3) is 2.42. The van der Waals surface area contributed by atoms with Gasteiger partial charge in [-0.25, -0.2) is 0 Å². The average Bonchev–Trinajstić information content (AvgIpc) is 2.50. The van der Waals surface area contributed by atoms with Crippen molar-refractivity contribution in [3.8, 4) is 11.5 Å². The smallest absolute Gasteiger partial charge is 0.255 e. The molecule has 0 aromatic heterocycles. The van der Waals surface area contributed by atoms with Crippen LogP contribution in [-0.2, 0) is 0 Å². The third-order valence-electron chi connectivity index (χ3n) is 3.35. The minimum Gasteiger partial charge on any atom is -0.503 e. The zero-order valence-corrected chi connectivity index (χ0v) is 12.8. The van der Waals surface area contributed by atoms with Gasteiger partial charge >= 0.3 is 0 Å². The van der Waals surface area contributed by atoms with Gasteiger partial charge in [0.05, 0.1) is 17.1 Å². The molecule has 0 unspecified atom stereocenters. The summed E-state index contributed by atoms with van der Waals surface area (Å²) >= 11 is 3.28. The van der Waals surface area contributed by atoms with Crippen LogP contribution in [0.25, 0.3) is 0 Å². The molecule has 5 nitrogen and oxygen atoms in total. The Morgan fingerprint density at radius 3 is 2.76 bits per heavy atom. The number of benzene rings is 2. The Labute approximate surface area is 130 Å². The topological polar surface area (TPSA) is 70.6 Å². The van der Waals surface area contributed by atoms with Crippen molar-refractivity contribution in [2.75, 3.05) is 12.4 Å². The van der Waals surface area contributed by atoms with Crippen molar-refractivity contribution < 1.29 is 14.6 Å². The minimum atomic E-state index is -0.391. The molecule has 6 heteroatoms. The molecule has 21 heavy (non-hydrogen) atoms. The van der Waals surface area contributed by atoms with Crippen LogP contribution in [0, 0.1) is 0 Å². The van der Waals surface area contributed by atoms with Gasteiger partial charge in [0.2, 0.25) is 0 Å². The predicted molar refractivity (Wildman–Crippen MR) is 82.6 cm³/mol. The number of ether oxygens (including phenoxy) is 1. The summed E-state index contributed by atoms with van der Waals surface area (Å²) in [6, 6.07) is 10.7. The summed E-state index contributed by atoms with van der Waals surface area (Å²) in [7, 11) is 1.48. The Morgan fingerprint density at radius 1 is 1.24 bits per heavy atom. The highest BCUT2D eigenvalue weighted by Gasteiger charge is 2.25. The fourth-order valence-corrected chi connectivity index (χ4v) is 2.75. The molecule has 1 amide bonds. The number of hydrogen-bond acceptors (Lipinski definition) is 4. The minimum absolute atomic E-state index is 0.0313. The quantitative estimate of drug-likeness (QED) is 0.780. The van der Waals surface area contributed by atoms with Crippen LogP contribution in [0.5, 0.6) is 11.5 Å². The van der Waals surface area contributed by atoms with Crippen LogP contribution in [0.3, 0.4) is 0 Å². The highest BCUT2D eigenvalue weighted by atomic mass is 79.9. The molecule has 0 spiro atoms. The first-order valence-electron chi connectivity index (χ1n) is 6.33. The molecule has 3 N–H and O–H groups in total. The van der Waals surface area contributed by atoms with Crippen LogP contribution in [0.1, 0.15) is 22.1 Å². The molecule has 0 saturated heterocycles. The molecule has 2 aromatic rings. The number of halogens is 1. The van der Waals surface area contributed by atoms with E-state index in [2.05, 4.69) is 26.6 Å². The molecular formula is C15H13BrN2O3. The third-order valence-corrected chi connectivity index (χ3v) is 3.96. The second kappa shape index (κ2) is 5.29. The van der Waals surface area contributed by atoms with Crippen molar-refractivity contribution in [2.24, 2.45) is 0 Å². The summed E-state index contributed by atoms with van der Waals surface area (Å²) in [6.07, 6.45) is -0.391. The second-order valence-corrected chi connectivity index (χ2v) is 5.50. The molecule has 1 heterocycles. The van der Waals surface area contributed by atoms with Gasteiger partial charge in [0.1, 0.15) is 6.17 Å². The van der Waals surface area contributed by atoms with Gasteiger partial charge in [0.25, 0.3) is 5.91 Å². The fraction of sp³-hybridized carbons (Fsp3) is 0.133. The lowest BCUT2D eigenvalue weighted by Gasteiger charge is -2.28. The average molecular weight is 349 g/mol. The van der Waals surface area contributed by atoms with Gasteiger partial charge in [-0.1, -0.05) is 12.1 Å². The van der Waals surface area contributed by atoms with Gasteiger partial charge in [0, 0.05) is 5.69 Å². The number of methoxy groups -OCH3 is 1. The highest BCUT2D eigenvalue weighted by Crippen LogP contribution is 2.38. The number of carbonyl (C=O) groups excluding carboxylic acids is 1. The first-order chi connectivity index (χ1) is 10.1. The zero-order valence-electron chi connectivity index (χ0n) is 11.2. The van der Waals surface area contributed by atoms with Gasteiger partial charge in [-0.15, -0.1) is 0 Å². The van der Waals surface area contributed by atoms with Crippen LogP contribution in [0.4, 0.5) is 5.69 Å². The molecule has 0 bridgehead atoms. The Balaban J connectivity index is 2.00. The standard InChI is InChI=1S/C15H13BrN2O3/c1-21-12-7-8(6-10(16)13(12)19)14-17-11-5-3-2-4-9(11)15(20)18-14/h2-7,14,17,19H,1H3,(H,18,20)/t14-/m0/s1. The first kappa shape index (κ1) is 13.8. The number of phenols is 1. The summed E-state index contributed by atoms with van der Waals surface area (Å²) in [5.74, 6) is 0.232. The molecule has 2 aromatic carbocycles. The molecule has 1 atom stereocenters. The number of nitrogens with one attached hydrogen (secondary N) is 2. The van der Waals surface area contributed by atoms with E-state index in [-0.39, 0.29) is 11.7 Å². The molecule has 0 aliphatic carbocycles. The van der Waals surface area contributed by atoms with Crippen molar-refractivity contribution in [1.29, 1.82) is 0 Å². The van der Waals surface area contributed by atoms with E-state index in [1.54, 1.807) is 18.2 Å². The summed E-state index contributed by atoms with van der Waals surface area (Å²) in [6.45, 7) is 0. The van der Waals surface area contributed by atoms with Crippen molar-refractivity contribution >= 4 is 27.5 Å². The van der Waals surface area contributed by atoms with E-state index in [1.165, 1.54) is 7.11 Å². The maximum atomic E-state index is 12.1. The maximum Gasteiger partial charge on any atom is 0.255 e. The van der Waals surface area contributed by atoms with E-state index >= 15 is 0 Å². The number of anilines is 1. The number of aromatic hydroxyl groups is 1. The van der Waals surface area contributed by atoms with E-state index in [0.717, 1.165) is 11.3 Å². The number of carbonyl (C=O) groups is 1. The number of fused-ring (bicyclic) bond motifs is 1. The van der Waals surface area contributed by atoms with Crippen LogP contribution < -0.4 is 15.4 Å². The Bertz CT molecular complexity index is 718. The van der Waals surface area contributed by atoms with Gasteiger partial charge in [-0.05, 0) is 45.8 Å². The van der Waals surface area contributed by atoms with E-state index in [1.807, 2.05) is 18.2 Å². The molecule has 1 aliphatic heterocycles. The molecular weight excluding hydrogens is 336 g/mol. The predicted octanol–water partition coefficient (Wildman–Crippen LogP) is 3.02. The summed E-state index contributed by atoms with van der Waals surface area (Å²) in [5, 5.41) is 16.0. The largest absolute Gasteiger partial charge is 0.503 e. The van der Waals surface area contributed by atoms with E-state index in [4.69, 9.17) is 4.74 Å². The van der Waals surface area contributed by atoms with Crippen LogP contribution in [-0.4, -0.2) is 18.1 Å². The summed E-state index contributed by atoms with van der Waals surface area (Å²) in [5.41, 5.74) is 2.16.